The smallest absolute Gasteiger partial charge is 0.282 e. The molecule has 3 rings (SSSR count). The van der Waals surface area contributed by atoms with Crippen molar-refractivity contribution >= 4 is 38.3 Å². The number of carbonyl (C=O) groups excluding carboxylic acids is 1. The number of nitro benzene ring substituents is 1. The fraction of sp³-hybridized carbons (Fsp3) is 0.125. The first-order valence-corrected chi connectivity index (χ1v) is 7.70. The van der Waals surface area contributed by atoms with E-state index in [4.69, 9.17) is 0 Å². The Labute approximate surface area is 135 Å². The number of nitrogens with zero attached hydrogens (tertiary/aromatic N) is 2. The second-order valence-corrected chi connectivity index (χ2v) is 6.12. The molecule has 23 heavy (non-hydrogen) atoms. The van der Waals surface area contributed by atoms with Crippen LogP contribution in [-0.2, 0) is 0 Å². The molecule has 2 aromatic carbocycles. The molecule has 6 nitrogen and oxygen atoms in total. The number of para-hydroxylation sites is 1. The molecule has 0 fully saturated rings. The van der Waals surface area contributed by atoms with E-state index in [0.717, 1.165) is 21.3 Å². The van der Waals surface area contributed by atoms with Crippen LogP contribution in [0.25, 0.3) is 10.2 Å². The Morgan fingerprint density at radius 2 is 1.87 bits per heavy atom. The molecule has 0 aliphatic rings. The first kappa shape index (κ1) is 15.1. The summed E-state index contributed by atoms with van der Waals surface area (Å²) in [5.74, 6) is -0.535. The van der Waals surface area contributed by atoms with Gasteiger partial charge in [-0.2, -0.15) is 0 Å². The molecule has 1 heterocycles. The van der Waals surface area contributed by atoms with E-state index in [-0.39, 0.29) is 11.3 Å². The number of hydrogen-bond donors (Lipinski definition) is 1. The molecule has 7 heteroatoms. The highest BCUT2D eigenvalue weighted by atomic mass is 32.1. The quantitative estimate of drug-likeness (QED) is 0.580. The number of thiazole rings is 1. The number of aromatic nitrogens is 1. The molecule has 0 bridgehead atoms. The zero-order valence-corrected chi connectivity index (χ0v) is 13.3. The largest absolute Gasteiger partial charge is 0.298 e. The molecule has 0 unspecified atom stereocenters. The van der Waals surface area contributed by atoms with Crippen molar-refractivity contribution in [3.05, 3.63) is 63.2 Å². The normalized spacial score (nSPS) is 10.7. The maximum absolute atomic E-state index is 12.3. The minimum Gasteiger partial charge on any atom is -0.298 e. The van der Waals surface area contributed by atoms with Gasteiger partial charge in [0.05, 0.1) is 15.1 Å². The fourth-order valence-electron chi connectivity index (χ4n) is 2.30. The number of amides is 1. The molecule has 0 aliphatic heterocycles. The van der Waals surface area contributed by atoms with Crippen molar-refractivity contribution in [1.82, 2.24) is 4.98 Å². The van der Waals surface area contributed by atoms with Gasteiger partial charge in [0.15, 0.2) is 5.13 Å². The Bertz CT molecular complexity index is 894. The SMILES string of the molecule is Cc1ccc(C)c2sc(NC(=O)c3ccccc3[N+](=O)[O-])nc12. The Kier molecular flexibility index (Phi) is 3.79. The van der Waals surface area contributed by atoms with E-state index < -0.39 is 10.8 Å². The summed E-state index contributed by atoms with van der Waals surface area (Å²) in [4.78, 5) is 27.2. The number of anilines is 1. The number of aryl methyl sites for hydroxylation is 2. The standard InChI is InChI=1S/C16H13N3O3S/c1-9-7-8-10(2)14-13(9)17-16(23-14)18-15(20)11-5-3-4-6-12(11)19(21)22/h3-8H,1-2H3,(H,17,18,20). The van der Waals surface area contributed by atoms with Gasteiger partial charge in [0.2, 0.25) is 0 Å². The Morgan fingerprint density at radius 1 is 1.17 bits per heavy atom. The summed E-state index contributed by atoms with van der Waals surface area (Å²) >= 11 is 1.36. The van der Waals surface area contributed by atoms with Crippen LogP contribution < -0.4 is 5.32 Å². The highest BCUT2D eigenvalue weighted by Crippen LogP contribution is 2.31. The monoisotopic (exact) mass is 327 g/mol. The van der Waals surface area contributed by atoms with Gasteiger partial charge in [-0.25, -0.2) is 4.98 Å². The predicted octanol–water partition coefficient (Wildman–Crippen LogP) is 4.07. The second-order valence-electron chi connectivity index (χ2n) is 5.12. The molecule has 0 atom stereocenters. The Balaban J connectivity index is 1.97. The number of fused-ring (bicyclic) bond motifs is 1. The minimum absolute atomic E-state index is 0.0187. The van der Waals surface area contributed by atoms with Crippen LogP contribution in [0.4, 0.5) is 10.8 Å². The van der Waals surface area contributed by atoms with E-state index in [1.165, 1.54) is 29.5 Å². The van der Waals surface area contributed by atoms with Gasteiger partial charge in [-0.05, 0) is 31.0 Å². The van der Waals surface area contributed by atoms with E-state index >= 15 is 0 Å². The fourth-order valence-corrected chi connectivity index (χ4v) is 3.31. The summed E-state index contributed by atoms with van der Waals surface area (Å²) < 4.78 is 1.00. The van der Waals surface area contributed by atoms with Crippen molar-refractivity contribution in [3.63, 3.8) is 0 Å². The lowest BCUT2D eigenvalue weighted by Gasteiger charge is -2.02. The number of nitrogens with one attached hydrogen (secondary N) is 1. The van der Waals surface area contributed by atoms with Crippen molar-refractivity contribution in [2.24, 2.45) is 0 Å². The lowest BCUT2D eigenvalue weighted by Crippen LogP contribution is -2.13. The second kappa shape index (κ2) is 5.77. The van der Waals surface area contributed by atoms with Gasteiger partial charge in [0, 0.05) is 6.07 Å². The third kappa shape index (κ3) is 2.78. The van der Waals surface area contributed by atoms with E-state index in [1.54, 1.807) is 6.07 Å². The van der Waals surface area contributed by atoms with Crippen LogP contribution in [0.2, 0.25) is 0 Å². The topological polar surface area (TPSA) is 85.1 Å². The van der Waals surface area contributed by atoms with E-state index in [9.17, 15) is 14.9 Å². The van der Waals surface area contributed by atoms with Crippen molar-refractivity contribution in [2.75, 3.05) is 5.32 Å². The van der Waals surface area contributed by atoms with E-state index in [1.807, 2.05) is 26.0 Å². The molecule has 0 radical (unpaired) electrons. The summed E-state index contributed by atoms with van der Waals surface area (Å²) in [5.41, 5.74) is 2.74. The number of hydrogen-bond acceptors (Lipinski definition) is 5. The van der Waals surface area contributed by atoms with Gasteiger partial charge in [-0.15, -0.1) is 0 Å². The maximum atomic E-state index is 12.3. The van der Waals surface area contributed by atoms with Crippen LogP contribution in [0.1, 0.15) is 21.5 Å². The number of nitro groups is 1. The molecule has 0 aliphatic carbocycles. The maximum Gasteiger partial charge on any atom is 0.282 e. The molecular formula is C16H13N3O3S. The molecule has 3 aromatic rings. The van der Waals surface area contributed by atoms with Gasteiger partial charge >= 0.3 is 0 Å². The number of benzene rings is 2. The van der Waals surface area contributed by atoms with Crippen molar-refractivity contribution in [1.29, 1.82) is 0 Å². The zero-order valence-electron chi connectivity index (χ0n) is 12.5. The van der Waals surface area contributed by atoms with Crippen molar-refractivity contribution in [2.45, 2.75) is 13.8 Å². The van der Waals surface area contributed by atoms with Crippen LogP contribution >= 0.6 is 11.3 Å². The third-order valence-corrected chi connectivity index (χ3v) is 4.61. The third-order valence-electron chi connectivity index (χ3n) is 3.51. The summed E-state index contributed by atoms with van der Waals surface area (Å²) in [7, 11) is 0. The molecule has 0 saturated heterocycles. The molecule has 1 N–H and O–H groups in total. The van der Waals surface area contributed by atoms with Gasteiger partial charge in [-0.3, -0.25) is 20.2 Å². The van der Waals surface area contributed by atoms with Gasteiger partial charge in [-0.1, -0.05) is 35.6 Å². The van der Waals surface area contributed by atoms with Gasteiger partial charge < -0.3 is 0 Å². The lowest BCUT2D eigenvalue weighted by atomic mass is 10.1. The molecular weight excluding hydrogens is 314 g/mol. The average Bonchev–Trinajstić information content (AvgIpc) is 2.96. The molecule has 116 valence electrons. The first-order valence-electron chi connectivity index (χ1n) is 6.89. The number of rotatable bonds is 3. The van der Waals surface area contributed by atoms with Crippen LogP contribution in [-0.4, -0.2) is 15.8 Å². The van der Waals surface area contributed by atoms with Gasteiger partial charge in [0.1, 0.15) is 5.56 Å². The van der Waals surface area contributed by atoms with Crippen LogP contribution in [0, 0.1) is 24.0 Å². The molecule has 1 amide bonds. The zero-order chi connectivity index (χ0) is 16.6. The van der Waals surface area contributed by atoms with E-state index in [0.29, 0.717) is 5.13 Å². The highest BCUT2D eigenvalue weighted by molar-refractivity contribution is 7.22. The summed E-state index contributed by atoms with van der Waals surface area (Å²) in [6.45, 7) is 3.93. The highest BCUT2D eigenvalue weighted by Gasteiger charge is 2.20. The summed E-state index contributed by atoms with van der Waals surface area (Å²) in [5, 5.41) is 14.1. The average molecular weight is 327 g/mol. The molecule has 1 aromatic heterocycles. The molecule has 0 saturated carbocycles. The summed E-state index contributed by atoms with van der Waals surface area (Å²) in [6, 6.07) is 9.83. The minimum atomic E-state index is -0.568. The van der Waals surface area contributed by atoms with Crippen LogP contribution in [0.5, 0.6) is 0 Å². The first-order chi connectivity index (χ1) is 11.0. The van der Waals surface area contributed by atoms with Crippen molar-refractivity contribution < 1.29 is 9.72 Å². The van der Waals surface area contributed by atoms with Crippen molar-refractivity contribution in [3.8, 4) is 0 Å². The summed E-state index contributed by atoms with van der Waals surface area (Å²) in [6.07, 6.45) is 0. The molecule has 0 spiro atoms. The van der Waals surface area contributed by atoms with Gasteiger partial charge in [0.25, 0.3) is 11.6 Å². The lowest BCUT2D eigenvalue weighted by molar-refractivity contribution is -0.385. The Morgan fingerprint density at radius 3 is 2.57 bits per heavy atom. The van der Waals surface area contributed by atoms with Crippen LogP contribution in [0.15, 0.2) is 36.4 Å². The Hall–Kier alpha value is -2.80. The number of carbonyl (C=O) groups is 1. The van der Waals surface area contributed by atoms with Crippen LogP contribution in [0.3, 0.4) is 0 Å². The van der Waals surface area contributed by atoms with E-state index in [2.05, 4.69) is 10.3 Å². The predicted molar refractivity (Wildman–Crippen MR) is 90.1 cm³/mol.